The zero-order valence-electron chi connectivity index (χ0n) is 14.7. The number of carboxylic acids is 1. The molecule has 0 aliphatic carbocycles. The van der Waals surface area contributed by atoms with E-state index in [0.717, 1.165) is 5.69 Å². The molecule has 2 aromatic rings. The molecule has 0 unspecified atom stereocenters. The molecular formula is C18H21N3O4S. The number of carbonyl (C=O) groups is 1. The van der Waals surface area contributed by atoms with E-state index in [1.807, 2.05) is 6.07 Å². The number of aromatic carboxylic acids is 1. The highest BCUT2D eigenvalue weighted by Gasteiger charge is 2.27. The summed E-state index contributed by atoms with van der Waals surface area (Å²) in [6.07, 6.45) is 2.59. The van der Waals surface area contributed by atoms with E-state index < -0.39 is 16.0 Å². The maximum Gasteiger partial charge on any atom is 0.336 e. The molecule has 1 aliphatic heterocycles. The van der Waals surface area contributed by atoms with E-state index >= 15 is 0 Å². The highest BCUT2D eigenvalue weighted by molar-refractivity contribution is 7.88. The van der Waals surface area contributed by atoms with E-state index in [2.05, 4.69) is 9.97 Å². The lowest BCUT2D eigenvalue weighted by atomic mass is 9.93. The van der Waals surface area contributed by atoms with Gasteiger partial charge in [0.05, 0.1) is 17.5 Å². The molecule has 26 heavy (non-hydrogen) atoms. The van der Waals surface area contributed by atoms with Gasteiger partial charge < -0.3 is 5.11 Å². The van der Waals surface area contributed by atoms with Gasteiger partial charge in [-0.3, -0.25) is 0 Å². The molecule has 2 heterocycles. The molecule has 3 rings (SSSR count). The molecule has 1 aromatic heterocycles. The summed E-state index contributed by atoms with van der Waals surface area (Å²) in [6.45, 7) is 2.71. The topological polar surface area (TPSA) is 100 Å². The molecule has 1 saturated heterocycles. The SMILES string of the molecule is Cc1nc(-c2ccccc2C(=O)O)cc(C2CCN(S(C)(=O)=O)CC2)n1. The van der Waals surface area contributed by atoms with Gasteiger partial charge in [0.25, 0.3) is 0 Å². The van der Waals surface area contributed by atoms with Gasteiger partial charge in [-0.25, -0.2) is 27.5 Å². The first-order chi connectivity index (χ1) is 12.3. The van der Waals surface area contributed by atoms with Crippen molar-refractivity contribution in [2.24, 2.45) is 0 Å². The number of rotatable bonds is 4. The molecule has 0 bridgehead atoms. The summed E-state index contributed by atoms with van der Waals surface area (Å²) in [7, 11) is -3.17. The Labute approximate surface area is 152 Å². The van der Waals surface area contributed by atoms with Gasteiger partial charge in [0.2, 0.25) is 10.0 Å². The summed E-state index contributed by atoms with van der Waals surface area (Å²) >= 11 is 0. The molecule has 0 radical (unpaired) electrons. The number of hydrogen-bond donors (Lipinski definition) is 1. The Balaban J connectivity index is 1.92. The van der Waals surface area contributed by atoms with Gasteiger partial charge >= 0.3 is 5.97 Å². The van der Waals surface area contributed by atoms with E-state index in [-0.39, 0.29) is 11.5 Å². The fourth-order valence-corrected chi connectivity index (χ4v) is 4.19. The van der Waals surface area contributed by atoms with E-state index in [0.29, 0.717) is 43.0 Å². The second-order valence-electron chi connectivity index (χ2n) is 6.51. The van der Waals surface area contributed by atoms with Crippen LogP contribution in [-0.2, 0) is 10.0 Å². The minimum Gasteiger partial charge on any atom is -0.478 e. The Morgan fingerprint density at radius 2 is 1.85 bits per heavy atom. The zero-order chi connectivity index (χ0) is 18.9. The molecule has 0 saturated carbocycles. The minimum absolute atomic E-state index is 0.130. The highest BCUT2D eigenvalue weighted by Crippen LogP contribution is 2.31. The van der Waals surface area contributed by atoms with Crippen molar-refractivity contribution in [3.05, 3.63) is 47.4 Å². The third-order valence-electron chi connectivity index (χ3n) is 4.63. The average molecular weight is 375 g/mol. The summed E-state index contributed by atoms with van der Waals surface area (Å²) in [5, 5.41) is 9.41. The van der Waals surface area contributed by atoms with Gasteiger partial charge in [-0.15, -0.1) is 0 Å². The van der Waals surface area contributed by atoms with Gasteiger partial charge in [-0.1, -0.05) is 18.2 Å². The first-order valence-electron chi connectivity index (χ1n) is 8.39. The third-order valence-corrected chi connectivity index (χ3v) is 5.94. The second-order valence-corrected chi connectivity index (χ2v) is 8.49. The van der Waals surface area contributed by atoms with Crippen LogP contribution in [-0.4, -0.2) is 53.1 Å². The monoisotopic (exact) mass is 375 g/mol. The van der Waals surface area contributed by atoms with Crippen LogP contribution in [0.2, 0.25) is 0 Å². The molecule has 7 nitrogen and oxygen atoms in total. The van der Waals surface area contributed by atoms with Crippen LogP contribution >= 0.6 is 0 Å². The van der Waals surface area contributed by atoms with Crippen LogP contribution in [0.3, 0.4) is 0 Å². The van der Waals surface area contributed by atoms with Crippen LogP contribution in [0.1, 0.15) is 40.6 Å². The fraction of sp³-hybridized carbons (Fsp3) is 0.389. The summed E-state index contributed by atoms with van der Waals surface area (Å²) in [4.78, 5) is 20.4. The lowest BCUT2D eigenvalue weighted by molar-refractivity contribution is 0.0697. The number of carboxylic acid groups (broad SMARTS) is 1. The lowest BCUT2D eigenvalue weighted by Gasteiger charge is -2.30. The molecule has 1 N–H and O–H groups in total. The van der Waals surface area contributed by atoms with Gasteiger partial charge in [-0.05, 0) is 31.9 Å². The molecule has 0 amide bonds. The number of aromatic nitrogens is 2. The number of nitrogens with zero attached hydrogens (tertiary/aromatic N) is 3. The number of piperidine rings is 1. The van der Waals surface area contributed by atoms with Gasteiger partial charge in [0.1, 0.15) is 5.82 Å². The van der Waals surface area contributed by atoms with Crippen molar-refractivity contribution in [3.63, 3.8) is 0 Å². The molecule has 1 aromatic carbocycles. The molecule has 1 fully saturated rings. The zero-order valence-corrected chi connectivity index (χ0v) is 15.5. The van der Waals surface area contributed by atoms with Crippen molar-refractivity contribution in [2.75, 3.05) is 19.3 Å². The van der Waals surface area contributed by atoms with Crippen LogP contribution in [0.15, 0.2) is 30.3 Å². The first kappa shape index (κ1) is 18.5. The predicted octanol–water partition coefficient (Wildman–Crippen LogP) is 2.29. The van der Waals surface area contributed by atoms with Gasteiger partial charge in [0, 0.05) is 30.3 Å². The number of benzene rings is 1. The molecule has 0 spiro atoms. The Bertz CT molecular complexity index is 935. The van der Waals surface area contributed by atoms with Crippen LogP contribution in [0.4, 0.5) is 0 Å². The maximum atomic E-state index is 11.7. The largest absolute Gasteiger partial charge is 0.478 e. The summed E-state index contributed by atoms with van der Waals surface area (Å²) in [5.41, 5.74) is 2.17. The van der Waals surface area contributed by atoms with Crippen molar-refractivity contribution in [1.82, 2.24) is 14.3 Å². The van der Waals surface area contributed by atoms with E-state index in [1.54, 1.807) is 31.2 Å². The predicted molar refractivity (Wildman–Crippen MR) is 97.6 cm³/mol. The summed E-state index contributed by atoms with van der Waals surface area (Å²) in [5.74, 6) is -0.298. The number of sulfonamides is 1. The molecule has 8 heteroatoms. The highest BCUT2D eigenvalue weighted by atomic mass is 32.2. The van der Waals surface area contributed by atoms with Crippen LogP contribution < -0.4 is 0 Å². The minimum atomic E-state index is -3.17. The van der Waals surface area contributed by atoms with Gasteiger partial charge in [-0.2, -0.15) is 0 Å². The summed E-state index contributed by atoms with van der Waals surface area (Å²) in [6, 6.07) is 8.59. The van der Waals surface area contributed by atoms with Crippen LogP contribution in [0.25, 0.3) is 11.3 Å². The van der Waals surface area contributed by atoms with Crippen LogP contribution in [0, 0.1) is 6.92 Å². The molecule has 1 aliphatic rings. The molecule has 0 atom stereocenters. The number of hydrogen-bond acceptors (Lipinski definition) is 5. The fourth-order valence-electron chi connectivity index (χ4n) is 3.31. The Morgan fingerprint density at radius 1 is 1.19 bits per heavy atom. The quantitative estimate of drug-likeness (QED) is 0.880. The van der Waals surface area contributed by atoms with E-state index in [4.69, 9.17) is 0 Å². The number of aryl methyl sites for hydroxylation is 1. The van der Waals surface area contributed by atoms with Crippen molar-refractivity contribution in [1.29, 1.82) is 0 Å². The van der Waals surface area contributed by atoms with E-state index in [1.165, 1.54) is 10.6 Å². The van der Waals surface area contributed by atoms with Crippen molar-refractivity contribution in [2.45, 2.75) is 25.7 Å². The van der Waals surface area contributed by atoms with Crippen molar-refractivity contribution < 1.29 is 18.3 Å². The van der Waals surface area contributed by atoms with E-state index in [9.17, 15) is 18.3 Å². The second kappa shape index (κ2) is 7.13. The Hall–Kier alpha value is -2.32. The first-order valence-corrected chi connectivity index (χ1v) is 10.2. The Morgan fingerprint density at radius 3 is 2.46 bits per heavy atom. The van der Waals surface area contributed by atoms with Gasteiger partial charge in [0.15, 0.2) is 0 Å². The standard InChI is InChI=1S/C18H21N3O4S/c1-12-19-16(13-7-9-21(10-8-13)26(2,24)25)11-17(20-12)14-5-3-4-6-15(14)18(22)23/h3-6,11,13H,7-10H2,1-2H3,(H,22,23). The molecule has 138 valence electrons. The van der Waals surface area contributed by atoms with Crippen molar-refractivity contribution >= 4 is 16.0 Å². The smallest absolute Gasteiger partial charge is 0.336 e. The third kappa shape index (κ3) is 3.91. The lowest BCUT2D eigenvalue weighted by Crippen LogP contribution is -2.37. The average Bonchev–Trinajstić information content (AvgIpc) is 2.60. The summed E-state index contributed by atoms with van der Waals surface area (Å²) < 4.78 is 24.8. The molecular weight excluding hydrogens is 354 g/mol. The normalized spacial score (nSPS) is 16.5. The van der Waals surface area contributed by atoms with Crippen molar-refractivity contribution in [3.8, 4) is 11.3 Å². The Kier molecular flexibility index (Phi) is 5.06. The maximum absolute atomic E-state index is 11.7. The van der Waals surface area contributed by atoms with Crippen LogP contribution in [0.5, 0.6) is 0 Å².